The Morgan fingerprint density at radius 1 is 1.11 bits per heavy atom. The molecule has 1 N–H and O–H groups in total. The first-order valence-corrected chi connectivity index (χ1v) is 9.91. The summed E-state index contributed by atoms with van der Waals surface area (Å²) in [5.74, 6) is 0.737. The highest BCUT2D eigenvalue weighted by molar-refractivity contribution is 6.62. The molecule has 0 amide bonds. The summed E-state index contributed by atoms with van der Waals surface area (Å²) >= 11 is 0. The second-order valence-corrected chi connectivity index (χ2v) is 8.85. The van der Waals surface area contributed by atoms with Crippen molar-refractivity contribution in [3.63, 3.8) is 0 Å². The first-order chi connectivity index (χ1) is 13.2. The van der Waals surface area contributed by atoms with Gasteiger partial charge in [-0.15, -0.1) is 0 Å². The summed E-state index contributed by atoms with van der Waals surface area (Å²) in [5, 5.41) is 11.0. The van der Waals surface area contributed by atoms with Crippen LogP contribution in [0.1, 0.15) is 57.9 Å². The third-order valence-corrected chi connectivity index (χ3v) is 6.52. The molecule has 3 atom stereocenters. The van der Waals surface area contributed by atoms with Crippen LogP contribution in [0.3, 0.4) is 0 Å². The van der Waals surface area contributed by atoms with Gasteiger partial charge in [-0.1, -0.05) is 25.1 Å². The van der Waals surface area contributed by atoms with Gasteiger partial charge in [0.2, 0.25) is 0 Å². The SMILES string of the molecule is CC(c1ccccn1)[C@@H]1COc2cc(B3OC(C)(C)C(C)(C)O3)ccc2C1O. The number of aliphatic hydroxyl groups excluding tert-OH is 1. The van der Waals surface area contributed by atoms with E-state index < -0.39 is 24.4 Å². The van der Waals surface area contributed by atoms with Gasteiger partial charge in [0.15, 0.2) is 0 Å². The van der Waals surface area contributed by atoms with Crippen molar-refractivity contribution in [2.45, 2.75) is 57.8 Å². The lowest BCUT2D eigenvalue weighted by atomic mass is 9.76. The van der Waals surface area contributed by atoms with Crippen LogP contribution in [0.2, 0.25) is 0 Å². The number of nitrogens with zero attached hydrogens (tertiary/aromatic N) is 1. The molecule has 0 saturated carbocycles. The number of ether oxygens (including phenoxy) is 1. The van der Waals surface area contributed by atoms with Crippen LogP contribution in [0, 0.1) is 5.92 Å². The molecule has 1 saturated heterocycles. The molecule has 0 radical (unpaired) electrons. The van der Waals surface area contributed by atoms with E-state index in [1.165, 1.54) is 0 Å². The Balaban J connectivity index is 1.56. The van der Waals surface area contributed by atoms with Crippen molar-refractivity contribution in [3.05, 3.63) is 53.9 Å². The van der Waals surface area contributed by atoms with Gasteiger partial charge in [0.25, 0.3) is 0 Å². The molecule has 0 spiro atoms. The average Bonchev–Trinajstić information content (AvgIpc) is 2.89. The second-order valence-electron chi connectivity index (χ2n) is 8.85. The van der Waals surface area contributed by atoms with Crippen LogP contribution in [0.4, 0.5) is 0 Å². The van der Waals surface area contributed by atoms with E-state index >= 15 is 0 Å². The molecule has 2 aromatic rings. The van der Waals surface area contributed by atoms with E-state index in [-0.39, 0.29) is 11.8 Å². The van der Waals surface area contributed by atoms with Crippen LogP contribution >= 0.6 is 0 Å². The van der Waals surface area contributed by atoms with Crippen molar-refractivity contribution in [1.29, 1.82) is 0 Å². The third-order valence-electron chi connectivity index (χ3n) is 6.52. The smallest absolute Gasteiger partial charge is 0.493 e. The topological polar surface area (TPSA) is 60.8 Å². The highest BCUT2D eigenvalue weighted by atomic mass is 16.7. The Kier molecular flexibility index (Phi) is 4.77. The number of aliphatic hydroxyl groups is 1. The van der Waals surface area contributed by atoms with Gasteiger partial charge >= 0.3 is 7.12 Å². The molecule has 0 bridgehead atoms. The lowest BCUT2D eigenvalue weighted by molar-refractivity contribution is 0.00578. The van der Waals surface area contributed by atoms with Gasteiger partial charge in [0.1, 0.15) is 5.75 Å². The summed E-state index contributed by atoms with van der Waals surface area (Å²) in [5.41, 5.74) is 1.89. The van der Waals surface area contributed by atoms with Crippen molar-refractivity contribution < 1.29 is 19.2 Å². The van der Waals surface area contributed by atoms with E-state index in [2.05, 4.69) is 11.9 Å². The third kappa shape index (κ3) is 3.23. The second kappa shape index (κ2) is 6.87. The molecule has 1 fully saturated rings. The summed E-state index contributed by atoms with van der Waals surface area (Å²) < 4.78 is 18.3. The quantitative estimate of drug-likeness (QED) is 0.828. The molecule has 6 heteroatoms. The summed E-state index contributed by atoms with van der Waals surface area (Å²) in [6.07, 6.45) is 1.18. The Morgan fingerprint density at radius 2 is 1.82 bits per heavy atom. The van der Waals surface area contributed by atoms with Crippen LogP contribution in [0.15, 0.2) is 42.6 Å². The lowest BCUT2D eigenvalue weighted by Crippen LogP contribution is -2.41. The molecule has 2 aliphatic rings. The Hall–Kier alpha value is -1.89. The van der Waals surface area contributed by atoms with Gasteiger partial charge in [-0.25, -0.2) is 0 Å². The number of hydrogen-bond acceptors (Lipinski definition) is 5. The Bertz CT molecular complexity index is 839. The highest BCUT2D eigenvalue weighted by Gasteiger charge is 2.52. The first kappa shape index (κ1) is 19.4. The summed E-state index contributed by atoms with van der Waals surface area (Å²) in [4.78, 5) is 4.44. The molecule has 1 aromatic carbocycles. The van der Waals surface area contributed by atoms with Crippen LogP contribution in [0.5, 0.6) is 5.75 Å². The van der Waals surface area contributed by atoms with Crippen molar-refractivity contribution in [2.75, 3.05) is 6.61 Å². The number of hydrogen-bond donors (Lipinski definition) is 1. The fourth-order valence-electron chi connectivity index (χ4n) is 3.84. The molecule has 28 heavy (non-hydrogen) atoms. The molecule has 2 aliphatic heterocycles. The van der Waals surface area contributed by atoms with Crippen molar-refractivity contribution in [2.24, 2.45) is 5.92 Å². The van der Waals surface area contributed by atoms with Crippen LogP contribution in [-0.4, -0.2) is 35.0 Å². The van der Waals surface area contributed by atoms with Gasteiger partial charge in [0.05, 0.1) is 23.9 Å². The molecular weight excluding hydrogens is 353 g/mol. The predicted octanol–water partition coefficient (Wildman–Crippen LogP) is 3.23. The number of fused-ring (bicyclic) bond motifs is 1. The normalized spacial score (nSPS) is 26.4. The van der Waals surface area contributed by atoms with Crippen LogP contribution in [-0.2, 0) is 9.31 Å². The summed E-state index contributed by atoms with van der Waals surface area (Å²) in [6.45, 7) is 10.7. The van der Waals surface area contributed by atoms with Gasteiger partial charge in [-0.05, 0) is 51.4 Å². The van der Waals surface area contributed by atoms with Crippen LogP contribution in [0.25, 0.3) is 0 Å². The summed E-state index contributed by atoms with van der Waals surface area (Å²) in [7, 11) is -0.443. The molecule has 1 aromatic heterocycles. The van der Waals surface area contributed by atoms with Crippen molar-refractivity contribution in [1.82, 2.24) is 4.98 Å². The molecule has 2 unspecified atom stereocenters. The van der Waals surface area contributed by atoms with Crippen molar-refractivity contribution in [3.8, 4) is 5.75 Å². The van der Waals surface area contributed by atoms with Gasteiger partial charge in [-0.2, -0.15) is 0 Å². The minimum absolute atomic E-state index is 0.0508. The number of pyridine rings is 1. The molecule has 3 heterocycles. The first-order valence-electron chi connectivity index (χ1n) is 9.91. The average molecular weight is 381 g/mol. The van der Waals surface area contributed by atoms with Gasteiger partial charge in [-0.3, -0.25) is 4.98 Å². The van der Waals surface area contributed by atoms with E-state index in [1.807, 2.05) is 64.1 Å². The van der Waals surface area contributed by atoms with E-state index in [0.29, 0.717) is 12.4 Å². The largest absolute Gasteiger partial charge is 0.494 e. The van der Waals surface area contributed by atoms with Crippen molar-refractivity contribution >= 4 is 12.6 Å². The van der Waals surface area contributed by atoms with E-state index in [0.717, 1.165) is 16.7 Å². The molecule has 5 nitrogen and oxygen atoms in total. The lowest BCUT2D eigenvalue weighted by Gasteiger charge is -2.34. The fourth-order valence-corrected chi connectivity index (χ4v) is 3.84. The number of aromatic nitrogens is 1. The maximum absolute atomic E-state index is 11.0. The standard InChI is InChI=1S/C22H28BNO4/c1-14(18-8-6-7-11-24-18)17-13-26-19-12-15(9-10-16(19)20(17)25)23-27-21(2,3)22(4,5)28-23/h6-12,14,17,20,25H,13H2,1-5H3/t14?,17-,20?/m0/s1. The predicted molar refractivity (Wildman–Crippen MR) is 109 cm³/mol. The maximum Gasteiger partial charge on any atom is 0.494 e. The van der Waals surface area contributed by atoms with Gasteiger partial charge < -0.3 is 19.2 Å². The minimum atomic E-state index is -0.604. The zero-order valence-electron chi connectivity index (χ0n) is 17.2. The highest BCUT2D eigenvalue weighted by Crippen LogP contribution is 2.42. The molecule has 4 rings (SSSR count). The monoisotopic (exact) mass is 381 g/mol. The molecule has 0 aliphatic carbocycles. The van der Waals surface area contributed by atoms with E-state index in [9.17, 15) is 5.11 Å². The Labute approximate surface area is 167 Å². The Morgan fingerprint density at radius 3 is 2.46 bits per heavy atom. The minimum Gasteiger partial charge on any atom is -0.493 e. The molecular formula is C22H28BNO4. The molecule has 148 valence electrons. The maximum atomic E-state index is 11.0. The van der Waals surface area contributed by atoms with Crippen LogP contribution < -0.4 is 10.2 Å². The fraction of sp³-hybridized carbons (Fsp3) is 0.500. The zero-order valence-corrected chi connectivity index (χ0v) is 17.2. The number of benzene rings is 1. The summed E-state index contributed by atoms with van der Waals surface area (Å²) in [6, 6.07) is 11.7. The zero-order chi connectivity index (χ0) is 20.1. The van der Waals surface area contributed by atoms with E-state index in [1.54, 1.807) is 6.20 Å². The van der Waals surface area contributed by atoms with Gasteiger partial charge in [0, 0.05) is 29.3 Å². The van der Waals surface area contributed by atoms with E-state index in [4.69, 9.17) is 14.0 Å². The number of rotatable bonds is 3.